The van der Waals surface area contributed by atoms with Crippen LogP contribution >= 0.6 is 0 Å². The van der Waals surface area contributed by atoms with Gasteiger partial charge in [0.25, 0.3) is 0 Å². The van der Waals surface area contributed by atoms with Gasteiger partial charge in [-0.05, 0) is 64.2 Å². The number of rotatable bonds is 46. The topological polar surface area (TPSA) is 110 Å². The zero-order valence-corrected chi connectivity index (χ0v) is 38.5. The molecule has 0 aliphatic rings. The number of amides is 1. The Kier molecular flexibility index (Phi) is 45.4. The molecule has 6 nitrogen and oxygen atoms in total. The monoisotopic (exact) mass is 818 g/mol. The molecule has 1 amide bonds. The first-order valence-electron chi connectivity index (χ1n) is 25.4. The van der Waals surface area contributed by atoms with Gasteiger partial charge in [-0.2, -0.15) is 0 Å². The van der Waals surface area contributed by atoms with Gasteiger partial charge in [0, 0.05) is 0 Å². The molecule has 4 atom stereocenters. The lowest BCUT2D eigenvalue weighted by atomic mass is 10.00. The van der Waals surface area contributed by atoms with Crippen LogP contribution in [0.1, 0.15) is 258 Å². The number of carbonyl (C=O) groups excluding carboxylic acids is 1. The summed E-state index contributed by atoms with van der Waals surface area (Å²) in [7, 11) is 0. The first-order chi connectivity index (χ1) is 28.5. The summed E-state index contributed by atoms with van der Waals surface area (Å²) in [6.45, 7) is 4.05. The van der Waals surface area contributed by atoms with Crippen LogP contribution in [0, 0.1) is 0 Å². The minimum atomic E-state index is -1.29. The van der Waals surface area contributed by atoms with Crippen molar-refractivity contribution in [2.75, 3.05) is 6.61 Å². The minimum Gasteiger partial charge on any atom is -0.394 e. The number of nitrogens with one attached hydrogen (secondary N) is 1. The van der Waals surface area contributed by atoms with E-state index in [-0.39, 0.29) is 0 Å². The van der Waals surface area contributed by atoms with Crippen molar-refractivity contribution in [2.45, 2.75) is 282 Å². The van der Waals surface area contributed by atoms with Crippen LogP contribution < -0.4 is 5.32 Å². The van der Waals surface area contributed by atoms with Gasteiger partial charge in [0.15, 0.2) is 0 Å². The van der Waals surface area contributed by atoms with Crippen molar-refractivity contribution in [1.29, 1.82) is 0 Å². The molecule has 0 aromatic carbocycles. The minimum absolute atomic E-state index is 0.361. The van der Waals surface area contributed by atoms with Gasteiger partial charge >= 0.3 is 0 Å². The third kappa shape index (κ3) is 40.0. The Balaban J connectivity index is 3.75. The van der Waals surface area contributed by atoms with E-state index in [1.54, 1.807) is 0 Å². The second kappa shape index (κ2) is 46.6. The fourth-order valence-electron chi connectivity index (χ4n) is 7.79. The van der Waals surface area contributed by atoms with Crippen molar-refractivity contribution >= 4 is 5.91 Å². The predicted octanol–water partition coefficient (Wildman–Crippen LogP) is 14.1. The Hall–Kier alpha value is -1.47. The molecule has 4 unspecified atom stereocenters. The molecular formula is C52H99NO5. The standard InChI is InChI=1S/C52H99NO5/c1-3-5-7-9-11-13-15-17-19-21-22-23-24-25-26-27-28-29-30-32-33-35-37-39-41-43-45-49(55)51(57)48(47-54)53-52(58)50(56)46-44-42-40-38-36-34-31-20-18-16-14-12-10-8-6-4-2/h26-27,30,32,37,39,48-51,54-57H,3-25,28-29,31,33-36,38,40-47H2,1-2H3,(H,53,58)/b27-26+,32-30+,39-37+. The number of hydrogen-bond donors (Lipinski definition) is 5. The van der Waals surface area contributed by atoms with Gasteiger partial charge in [0.1, 0.15) is 12.2 Å². The number of allylic oxidation sites excluding steroid dienone is 6. The maximum atomic E-state index is 12.5. The van der Waals surface area contributed by atoms with Gasteiger partial charge in [-0.15, -0.1) is 0 Å². The predicted molar refractivity (Wildman–Crippen MR) is 251 cm³/mol. The van der Waals surface area contributed by atoms with Gasteiger partial charge in [0.05, 0.1) is 18.8 Å². The van der Waals surface area contributed by atoms with Crippen LogP contribution in [0.5, 0.6) is 0 Å². The lowest BCUT2D eigenvalue weighted by molar-refractivity contribution is -0.132. The molecule has 0 aliphatic heterocycles. The largest absolute Gasteiger partial charge is 0.394 e. The summed E-state index contributed by atoms with van der Waals surface area (Å²) in [5.41, 5.74) is 0. The first-order valence-corrected chi connectivity index (χ1v) is 25.4. The van der Waals surface area contributed by atoms with Crippen molar-refractivity contribution in [1.82, 2.24) is 5.32 Å². The molecule has 0 aromatic heterocycles. The third-order valence-corrected chi connectivity index (χ3v) is 11.8. The van der Waals surface area contributed by atoms with E-state index in [1.807, 2.05) is 0 Å². The smallest absolute Gasteiger partial charge is 0.249 e. The molecule has 0 aliphatic carbocycles. The number of aliphatic hydroxyl groups is 4. The van der Waals surface area contributed by atoms with Gasteiger partial charge < -0.3 is 25.7 Å². The van der Waals surface area contributed by atoms with Crippen LogP contribution in [0.4, 0.5) is 0 Å². The van der Waals surface area contributed by atoms with E-state index in [9.17, 15) is 25.2 Å². The van der Waals surface area contributed by atoms with E-state index in [2.05, 4.69) is 55.6 Å². The van der Waals surface area contributed by atoms with Crippen LogP contribution in [-0.2, 0) is 4.79 Å². The molecule has 58 heavy (non-hydrogen) atoms. The average molecular weight is 818 g/mol. The normalized spacial score (nSPS) is 14.2. The van der Waals surface area contributed by atoms with Gasteiger partial charge in [0.2, 0.25) is 5.91 Å². The fraction of sp³-hybridized carbons (Fsp3) is 0.865. The first kappa shape index (κ1) is 56.5. The Bertz CT molecular complexity index is 919. The Morgan fingerprint density at radius 3 is 1.09 bits per heavy atom. The lowest BCUT2D eigenvalue weighted by Gasteiger charge is -2.27. The summed E-state index contributed by atoms with van der Waals surface area (Å²) < 4.78 is 0. The second-order valence-corrected chi connectivity index (χ2v) is 17.5. The zero-order chi connectivity index (χ0) is 42.4. The summed E-state index contributed by atoms with van der Waals surface area (Å²) in [6.07, 6.45) is 56.2. The van der Waals surface area contributed by atoms with E-state index in [4.69, 9.17) is 0 Å². The molecule has 0 rings (SSSR count). The van der Waals surface area contributed by atoms with E-state index >= 15 is 0 Å². The number of unbranched alkanes of at least 4 members (excludes halogenated alkanes) is 31. The molecule has 0 saturated heterocycles. The van der Waals surface area contributed by atoms with E-state index in [1.165, 1.54) is 173 Å². The molecule has 0 bridgehead atoms. The quantitative estimate of drug-likeness (QED) is 0.0310. The van der Waals surface area contributed by atoms with E-state index < -0.39 is 36.9 Å². The zero-order valence-electron chi connectivity index (χ0n) is 38.5. The molecule has 342 valence electrons. The van der Waals surface area contributed by atoms with Gasteiger partial charge in [-0.1, -0.05) is 230 Å². The molecule has 0 heterocycles. The van der Waals surface area contributed by atoms with E-state index in [0.717, 1.165) is 51.4 Å². The maximum Gasteiger partial charge on any atom is 0.249 e. The summed E-state index contributed by atoms with van der Waals surface area (Å²) >= 11 is 0. The van der Waals surface area contributed by atoms with Crippen LogP contribution in [0.15, 0.2) is 36.5 Å². The molecule has 0 spiro atoms. The number of hydrogen-bond acceptors (Lipinski definition) is 5. The van der Waals surface area contributed by atoms with Crippen molar-refractivity contribution in [3.63, 3.8) is 0 Å². The number of aliphatic hydroxyl groups excluding tert-OH is 4. The fourth-order valence-corrected chi connectivity index (χ4v) is 7.79. The highest BCUT2D eigenvalue weighted by atomic mass is 16.3. The van der Waals surface area contributed by atoms with Crippen molar-refractivity contribution in [3.8, 4) is 0 Å². The van der Waals surface area contributed by atoms with Crippen LogP contribution in [0.2, 0.25) is 0 Å². The molecule has 0 saturated carbocycles. The average Bonchev–Trinajstić information content (AvgIpc) is 3.23. The van der Waals surface area contributed by atoms with Gasteiger partial charge in [-0.25, -0.2) is 0 Å². The van der Waals surface area contributed by atoms with Crippen molar-refractivity contribution in [2.24, 2.45) is 0 Å². The third-order valence-electron chi connectivity index (χ3n) is 11.8. The highest BCUT2D eigenvalue weighted by molar-refractivity contribution is 5.80. The van der Waals surface area contributed by atoms with Gasteiger partial charge in [-0.3, -0.25) is 4.79 Å². The Labute approximate surface area is 360 Å². The summed E-state index contributed by atoms with van der Waals surface area (Å²) in [4.78, 5) is 12.5. The molecule has 0 aromatic rings. The Morgan fingerprint density at radius 2 is 0.724 bits per heavy atom. The summed E-state index contributed by atoms with van der Waals surface area (Å²) in [6, 6.07) is -1.01. The molecular weight excluding hydrogens is 719 g/mol. The number of carbonyl (C=O) groups is 1. The summed E-state index contributed by atoms with van der Waals surface area (Å²) in [5.74, 6) is -0.597. The highest BCUT2D eigenvalue weighted by Crippen LogP contribution is 2.16. The highest BCUT2D eigenvalue weighted by Gasteiger charge is 2.28. The molecule has 5 N–H and O–H groups in total. The Morgan fingerprint density at radius 1 is 0.414 bits per heavy atom. The second-order valence-electron chi connectivity index (χ2n) is 17.5. The maximum absolute atomic E-state index is 12.5. The molecule has 6 heteroatoms. The molecule has 0 radical (unpaired) electrons. The van der Waals surface area contributed by atoms with Crippen LogP contribution in [-0.4, -0.2) is 57.3 Å². The van der Waals surface area contributed by atoms with Crippen LogP contribution in [0.25, 0.3) is 0 Å². The van der Waals surface area contributed by atoms with Crippen molar-refractivity contribution in [3.05, 3.63) is 36.5 Å². The van der Waals surface area contributed by atoms with Crippen molar-refractivity contribution < 1.29 is 25.2 Å². The molecule has 0 fully saturated rings. The SMILES string of the molecule is CCCCCCCCCCCCCCC/C=C/CC/C=C/CC/C=C/CCCC(O)C(O)C(CO)NC(=O)C(O)CCCCCCCCCCCCCCCCCC. The summed E-state index contributed by atoms with van der Waals surface area (Å²) in [5, 5.41) is 43.8. The van der Waals surface area contributed by atoms with E-state index in [0.29, 0.717) is 19.3 Å². The lowest BCUT2D eigenvalue weighted by Crippen LogP contribution is -2.53. The van der Waals surface area contributed by atoms with Crippen LogP contribution in [0.3, 0.4) is 0 Å².